The molecule has 1 aliphatic heterocycles. The van der Waals surface area contributed by atoms with Gasteiger partial charge >= 0.3 is 0 Å². The SMILES string of the molecule is Brc1ccc(C2NCCc3sccc32)s1. The Kier molecular flexibility index (Phi) is 2.68. The van der Waals surface area contributed by atoms with Gasteiger partial charge in [0.1, 0.15) is 0 Å². The van der Waals surface area contributed by atoms with Gasteiger partial charge < -0.3 is 5.32 Å². The molecule has 78 valence electrons. The molecule has 15 heavy (non-hydrogen) atoms. The highest BCUT2D eigenvalue weighted by atomic mass is 79.9. The van der Waals surface area contributed by atoms with Gasteiger partial charge in [-0.15, -0.1) is 22.7 Å². The third-order valence-corrected chi connectivity index (χ3v) is 5.35. The molecule has 1 aliphatic rings. The van der Waals surface area contributed by atoms with Crippen molar-refractivity contribution < 1.29 is 0 Å². The van der Waals surface area contributed by atoms with Gasteiger partial charge in [0.05, 0.1) is 9.83 Å². The Morgan fingerprint density at radius 2 is 2.27 bits per heavy atom. The minimum atomic E-state index is 0.413. The number of fused-ring (bicyclic) bond motifs is 1. The van der Waals surface area contributed by atoms with E-state index in [0.717, 1.165) is 6.54 Å². The highest BCUT2D eigenvalue weighted by Gasteiger charge is 2.23. The zero-order valence-electron chi connectivity index (χ0n) is 8.00. The standard InChI is InChI=1S/C11H10BrNS2/c12-10-2-1-9(15-10)11-7-4-6-14-8(7)3-5-13-11/h1-2,4,6,11,13H,3,5H2. The van der Waals surface area contributed by atoms with Crippen molar-refractivity contribution in [2.24, 2.45) is 0 Å². The van der Waals surface area contributed by atoms with Gasteiger partial charge in [-0.1, -0.05) is 0 Å². The first-order chi connectivity index (χ1) is 7.34. The van der Waals surface area contributed by atoms with Crippen LogP contribution in [0.1, 0.15) is 21.4 Å². The lowest BCUT2D eigenvalue weighted by atomic mass is 10.0. The molecule has 0 saturated carbocycles. The predicted molar refractivity (Wildman–Crippen MR) is 69.9 cm³/mol. The van der Waals surface area contributed by atoms with Crippen LogP contribution in [0.3, 0.4) is 0 Å². The molecule has 1 nitrogen and oxygen atoms in total. The van der Waals surface area contributed by atoms with Crippen molar-refractivity contribution in [2.75, 3.05) is 6.54 Å². The van der Waals surface area contributed by atoms with Crippen molar-refractivity contribution in [3.05, 3.63) is 42.7 Å². The van der Waals surface area contributed by atoms with Crippen LogP contribution in [-0.2, 0) is 6.42 Å². The van der Waals surface area contributed by atoms with Crippen LogP contribution in [0.5, 0.6) is 0 Å². The Morgan fingerprint density at radius 1 is 1.33 bits per heavy atom. The molecule has 0 spiro atoms. The Bertz CT molecular complexity index is 474. The van der Waals surface area contributed by atoms with E-state index in [4.69, 9.17) is 0 Å². The number of nitrogens with one attached hydrogen (secondary N) is 1. The molecule has 4 heteroatoms. The van der Waals surface area contributed by atoms with Crippen LogP contribution in [0.2, 0.25) is 0 Å². The van der Waals surface area contributed by atoms with Crippen LogP contribution in [0.15, 0.2) is 27.4 Å². The van der Waals surface area contributed by atoms with Crippen LogP contribution in [-0.4, -0.2) is 6.54 Å². The van der Waals surface area contributed by atoms with Gasteiger partial charge in [0.25, 0.3) is 0 Å². The number of thiophene rings is 2. The zero-order chi connectivity index (χ0) is 10.3. The average Bonchev–Trinajstić information content (AvgIpc) is 2.84. The van der Waals surface area contributed by atoms with E-state index in [1.165, 1.54) is 20.6 Å². The Labute approximate surface area is 105 Å². The third-order valence-electron chi connectivity index (χ3n) is 2.67. The van der Waals surface area contributed by atoms with Crippen molar-refractivity contribution in [1.29, 1.82) is 0 Å². The summed E-state index contributed by atoms with van der Waals surface area (Å²) in [6.45, 7) is 1.09. The summed E-state index contributed by atoms with van der Waals surface area (Å²) in [6.07, 6.45) is 1.18. The molecule has 0 amide bonds. The molecular weight excluding hydrogens is 290 g/mol. The van der Waals surface area contributed by atoms with E-state index in [9.17, 15) is 0 Å². The topological polar surface area (TPSA) is 12.0 Å². The van der Waals surface area contributed by atoms with Gasteiger partial charge in [-0.2, -0.15) is 0 Å². The molecule has 0 radical (unpaired) electrons. The molecule has 0 aliphatic carbocycles. The van der Waals surface area contributed by atoms with Gasteiger partial charge in [0.15, 0.2) is 0 Å². The van der Waals surface area contributed by atoms with Gasteiger partial charge in [0.2, 0.25) is 0 Å². The molecule has 1 N–H and O–H groups in total. The zero-order valence-corrected chi connectivity index (χ0v) is 11.2. The maximum atomic E-state index is 3.59. The lowest BCUT2D eigenvalue weighted by Crippen LogP contribution is -2.28. The quantitative estimate of drug-likeness (QED) is 0.844. The second-order valence-corrected chi connectivity index (χ2v) is 7.07. The summed E-state index contributed by atoms with van der Waals surface area (Å²) < 4.78 is 1.21. The van der Waals surface area contributed by atoms with Crippen molar-refractivity contribution in [3.8, 4) is 0 Å². The van der Waals surface area contributed by atoms with Crippen LogP contribution in [0, 0.1) is 0 Å². The van der Waals surface area contributed by atoms with Crippen LogP contribution < -0.4 is 5.32 Å². The van der Waals surface area contributed by atoms with E-state index >= 15 is 0 Å². The molecular formula is C11H10BrNS2. The fourth-order valence-corrected chi connectivity index (χ4v) is 4.43. The Morgan fingerprint density at radius 3 is 3.07 bits per heavy atom. The van der Waals surface area contributed by atoms with Crippen LogP contribution >= 0.6 is 38.6 Å². The molecule has 3 rings (SSSR count). The smallest absolute Gasteiger partial charge is 0.0702 e. The molecule has 0 saturated heterocycles. The van der Waals surface area contributed by atoms with E-state index in [-0.39, 0.29) is 0 Å². The maximum Gasteiger partial charge on any atom is 0.0702 e. The first-order valence-electron chi connectivity index (χ1n) is 4.89. The first-order valence-corrected chi connectivity index (χ1v) is 7.38. The summed E-state index contributed by atoms with van der Waals surface area (Å²) in [4.78, 5) is 2.95. The largest absolute Gasteiger partial charge is 0.305 e. The van der Waals surface area contributed by atoms with Crippen LogP contribution in [0.25, 0.3) is 0 Å². The van der Waals surface area contributed by atoms with Crippen molar-refractivity contribution in [3.63, 3.8) is 0 Å². The maximum absolute atomic E-state index is 3.59. The first kappa shape index (κ1) is 10.0. The average molecular weight is 300 g/mol. The molecule has 2 aromatic rings. The minimum absolute atomic E-state index is 0.413. The summed E-state index contributed by atoms with van der Waals surface area (Å²) in [5.41, 5.74) is 1.47. The van der Waals surface area contributed by atoms with E-state index < -0.39 is 0 Å². The summed E-state index contributed by atoms with van der Waals surface area (Å²) in [5.74, 6) is 0. The van der Waals surface area contributed by atoms with E-state index in [1.807, 2.05) is 22.7 Å². The predicted octanol–water partition coefficient (Wildman–Crippen LogP) is 3.81. The molecule has 2 aromatic heterocycles. The second-order valence-electron chi connectivity index (χ2n) is 3.58. The fourth-order valence-electron chi connectivity index (χ4n) is 1.99. The molecule has 3 heterocycles. The molecule has 1 unspecified atom stereocenters. The lowest BCUT2D eigenvalue weighted by molar-refractivity contribution is 0.582. The number of hydrogen-bond acceptors (Lipinski definition) is 3. The number of halogens is 1. The summed E-state index contributed by atoms with van der Waals surface area (Å²) in [7, 11) is 0. The second kappa shape index (κ2) is 4.01. The number of rotatable bonds is 1. The molecule has 0 fully saturated rings. The third kappa shape index (κ3) is 1.80. The normalized spacial score (nSPS) is 20.2. The summed E-state index contributed by atoms with van der Waals surface area (Å²) in [5, 5.41) is 5.79. The van der Waals surface area contributed by atoms with Gasteiger partial charge in [0, 0.05) is 16.3 Å². The Hall–Kier alpha value is -0.160. The molecule has 0 aromatic carbocycles. The van der Waals surface area contributed by atoms with Gasteiger partial charge in [-0.3, -0.25) is 0 Å². The van der Waals surface area contributed by atoms with E-state index in [1.54, 1.807) is 4.88 Å². The minimum Gasteiger partial charge on any atom is -0.305 e. The Balaban J connectivity index is 2.02. The molecule has 1 atom stereocenters. The van der Waals surface area contributed by atoms with Crippen molar-refractivity contribution >= 4 is 38.6 Å². The monoisotopic (exact) mass is 299 g/mol. The lowest BCUT2D eigenvalue weighted by Gasteiger charge is -2.23. The summed E-state index contributed by atoms with van der Waals surface area (Å²) >= 11 is 7.23. The van der Waals surface area contributed by atoms with Crippen molar-refractivity contribution in [1.82, 2.24) is 5.32 Å². The highest BCUT2D eigenvalue weighted by Crippen LogP contribution is 2.36. The number of hydrogen-bond donors (Lipinski definition) is 1. The highest BCUT2D eigenvalue weighted by molar-refractivity contribution is 9.11. The van der Waals surface area contributed by atoms with E-state index in [2.05, 4.69) is 44.8 Å². The van der Waals surface area contributed by atoms with Crippen LogP contribution in [0.4, 0.5) is 0 Å². The van der Waals surface area contributed by atoms with Gasteiger partial charge in [-0.25, -0.2) is 0 Å². The summed E-state index contributed by atoms with van der Waals surface area (Å²) in [6, 6.07) is 7.00. The fraction of sp³-hybridized carbons (Fsp3) is 0.273. The van der Waals surface area contributed by atoms with Crippen molar-refractivity contribution in [2.45, 2.75) is 12.5 Å². The van der Waals surface area contributed by atoms with Gasteiger partial charge in [-0.05, 0) is 51.5 Å². The molecule has 0 bridgehead atoms. The van der Waals surface area contributed by atoms with E-state index in [0.29, 0.717) is 6.04 Å².